The summed E-state index contributed by atoms with van der Waals surface area (Å²) in [4.78, 5) is 17.5. The smallest absolute Gasteiger partial charge is 0.257 e. The number of nitrogens with zero attached hydrogens (tertiary/aromatic N) is 2. The van der Waals surface area contributed by atoms with Crippen LogP contribution in [0.4, 0.5) is 0 Å². The summed E-state index contributed by atoms with van der Waals surface area (Å²) in [6.07, 6.45) is 2.99. The predicted molar refractivity (Wildman–Crippen MR) is 122 cm³/mol. The molecule has 0 fully saturated rings. The van der Waals surface area contributed by atoms with Crippen molar-refractivity contribution >= 4 is 17.1 Å². The third-order valence-electron chi connectivity index (χ3n) is 5.35. The Bertz CT molecular complexity index is 1100. The normalized spacial score (nSPS) is 13.3. The second-order valence-corrected chi connectivity index (χ2v) is 7.55. The Kier molecular flexibility index (Phi) is 7.03. The van der Waals surface area contributed by atoms with Gasteiger partial charge in [-0.3, -0.25) is 4.79 Å². The number of ether oxygens (including phenoxy) is 2. The fourth-order valence-corrected chi connectivity index (χ4v) is 3.69. The molecule has 3 aromatic rings. The van der Waals surface area contributed by atoms with E-state index in [-0.39, 0.29) is 17.2 Å². The van der Waals surface area contributed by atoms with E-state index in [2.05, 4.69) is 15.6 Å². The summed E-state index contributed by atoms with van der Waals surface area (Å²) in [5.41, 5.74) is 3.45. The summed E-state index contributed by atoms with van der Waals surface area (Å²) in [6, 6.07) is 13.3. The van der Waals surface area contributed by atoms with Crippen LogP contribution < -0.4 is 15.4 Å². The van der Waals surface area contributed by atoms with Crippen LogP contribution in [0.2, 0.25) is 0 Å². The molecular weight excluding hydrogens is 408 g/mol. The van der Waals surface area contributed by atoms with Crippen LogP contribution in [-0.2, 0) is 22.5 Å². The molecule has 1 aliphatic rings. The van der Waals surface area contributed by atoms with Gasteiger partial charge >= 0.3 is 0 Å². The molecule has 0 saturated heterocycles. The zero-order valence-electron chi connectivity index (χ0n) is 18.1. The van der Waals surface area contributed by atoms with Crippen molar-refractivity contribution in [1.29, 1.82) is 0 Å². The number of pyridine rings is 1. The molecule has 3 N–H and O–H groups in total. The molecule has 0 unspecified atom stereocenters. The summed E-state index contributed by atoms with van der Waals surface area (Å²) in [6.45, 7) is 2.82. The van der Waals surface area contributed by atoms with Gasteiger partial charge in [-0.05, 0) is 43.3 Å². The van der Waals surface area contributed by atoms with E-state index in [0.29, 0.717) is 44.9 Å². The van der Waals surface area contributed by atoms with E-state index in [1.54, 1.807) is 0 Å². The highest BCUT2D eigenvalue weighted by molar-refractivity contribution is 6.20. The Labute approximate surface area is 186 Å². The SMILES string of the molecule is CNCCOCCOc1ccc(CNC(=O)C2=C(O)CCc3c2nc2ccccn32)cc1. The first-order valence-corrected chi connectivity index (χ1v) is 10.8. The van der Waals surface area contributed by atoms with Gasteiger partial charge in [0.25, 0.3) is 5.91 Å². The number of nitrogens with one attached hydrogen (secondary N) is 2. The second kappa shape index (κ2) is 10.3. The molecule has 0 atom stereocenters. The monoisotopic (exact) mass is 436 g/mol. The number of fused-ring (bicyclic) bond motifs is 3. The van der Waals surface area contributed by atoms with E-state index in [4.69, 9.17) is 9.47 Å². The van der Waals surface area contributed by atoms with Gasteiger partial charge < -0.3 is 29.6 Å². The summed E-state index contributed by atoms with van der Waals surface area (Å²) in [7, 11) is 1.88. The molecule has 0 radical (unpaired) electrons. The number of benzene rings is 1. The standard InChI is InChI=1S/C24H28N4O4/c1-25-11-13-31-14-15-32-18-7-5-17(6-8-18)16-26-24(30)22-20(29)10-9-19-23(22)27-21-4-2-3-12-28(19)21/h2-8,12,25,29H,9-11,13-16H2,1H3,(H,26,30). The number of aliphatic hydroxyl groups is 1. The Morgan fingerprint density at radius 3 is 2.78 bits per heavy atom. The first-order chi connectivity index (χ1) is 15.7. The van der Waals surface area contributed by atoms with Crippen LogP contribution in [0.25, 0.3) is 11.2 Å². The minimum Gasteiger partial charge on any atom is -0.511 e. The van der Waals surface area contributed by atoms with Crippen molar-refractivity contribution in [3.05, 3.63) is 71.4 Å². The topological polar surface area (TPSA) is 97.1 Å². The van der Waals surface area contributed by atoms with Crippen LogP contribution in [0, 0.1) is 0 Å². The number of rotatable bonds is 10. The largest absolute Gasteiger partial charge is 0.511 e. The maximum Gasteiger partial charge on any atom is 0.257 e. The summed E-state index contributed by atoms with van der Waals surface area (Å²) in [5, 5.41) is 16.4. The van der Waals surface area contributed by atoms with E-state index in [9.17, 15) is 9.90 Å². The number of aryl methyl sites for hydroxylation is 1. The van der Waals surface area contributed by atoms with Crippen molar-refractivity contribution in [2.75, 3.05) is 33.4 Å². The highest BCUT2D eigenvalue weighted by atomic mass is 16.5. The van der Waals surface area contributed by atoms with Crippen LogP contribution in [0.1, 0.15) is 23.4 Å². The number of aliphatic hydroxyl groups excluding tert-OH is 1. The lowest BCUT2D eigenvalue weighted by molar-refractivity contribution is -0.115. The molecule has 0 spiro atoms. The minimum atomic E-state index is -0.328. The molecule has 0 aliphatic heterocycles. The number of imidazole rings is 1. The molecule has 32 heavy (non-hydrogen) atoms. The summed E-state index contributed by atoms with van der Waals surface area (Å²) >= 11 is 0. The number of hydrogen-bond acceptors (Lipinski definition) is 6. The van der Waals surface area contributed by atoms with Crippen molar-refractivity contribution in [3.8, 4) is 5.75 Å². The van der Waals surface area contributed by atoms with Gasteiger partial charge in [0.15, 0.2) is 0 Å². The van der Waals surface area contributed by atoms with Crippen LogP contribution in [0.3, 0.4) is 0 Å². The van der Waals surface area contributed by atoms with Crippen LogP contribution in [0.5, 0.6) is 5.75 Å². The average molecular weight is 437 g/mol. The lowest BCUT2D eigenvalue weighted by Crippen LogP contribution is -2.26. The Balaban J connectivity index is 1.34. The van der Waals surface area contributed by atoms with Gasteiger partial charge in [-0.15, -0.1) is 0 Å². The highest BCUT2D eigenvalue weighted by Gasteiger charge is 2.28. The first-order valence-electron chi connectivity index (χ1n) is 10.8. The van der Waals surface area contributed by atoms with Gasteiger partial charge in [-0.25, -0.2) is 4.98 Å². The van der Waals surface area contributed by atoms with E-state index >= 15 is 0 Å². The molecule has 0 saturated carbocycles. The number of hydrogen-bond donors (Lipinski definition) is 3. The minimum absolute atomic E-state index is 0.0825. The summed E-state index contributed by atoms with van der Waals surface area (Å²) < 4.78 is 13.1. The molecule has 0 bridgehead atoms. The molecule has 1 aromatic carbocycles. The zero-order valence-corrected chi connectivity index (χ0v) is 18.1. The molecule has 4 rings (SSSR count). The Hall–Kier alpha value is -3.36. The Morgan fingerprint density at radius 1 is 1.12 bits per heavy atom. The highest BCUT2D eigenvalue weighted by Crippen LogP contribution is 2.30. The molecule has 8 nitrogen and oxygen atoms in total. The van der Waals surface area contributed by atoms with Crippen LogP contribution >= 0.6 is 0 Å². The van der Waals surface area contributed by atoms with Crippen LogP contribution in [-0.4, -0.2) is 53.8 Å². The maximum absolute atomic E-state index is 12.9. The third kappa shape index (κ3) is 4.92. The van der Waals surface area contributed by atoms with E-state index < -0.39 is 0 Å². The van der Waals surface area contributed by atoms with Gasteiger partial charge in [0.05, 0.1) is 18.9 Å². The van der Waals surface area contributed by atoms with E-state index in [1.807, 2.05) is 60.1 Å². The van der Waals surface area contributed by atoms with Crippen molar-refractivity contribution in [2.45, 2.75) is 19.4 Å². The average Bonchev–Trinajstić information content (AvgIpc) is 3.19. The number of carbonyl (C=O) groups is 1. The van der Waals surface area contributed by atoms with Gasteiger partial charge in [-0.1, -0.05) is 18.2 Å². The number of aromatic nitrogens is 2. The lowest BCUT2D eigenvalue weighted by atomic mass is 9.97. The number of carbonyl (C=O) groups excluding carboxylic acids is 1. The molecule has 2 heterocycles. The first kappa shape index (κ1) is 21.9. The predicted octanol–water partition coefficient (Wildman–Crippen LogP) is 2.48. The fourth-order valence-electron chi connectivity index (χ4n) is 3.69. The van der Waals surface area contributed by atoms with E-state index in [0.717, 1.165) is 29.2 Å². The number of allylic oxidation sites excluding steroid dienone is 1. The van der Waals surface area contributed by atoms with Crippen molar-refractivity contribution < 1.29 is 19.4 Å². The maximum atomic E-state index is 12.9. The molecule has 1 amide bonds. The molecule has 2 aromatic heterocycles. The molecule has 168 valence electrons. The second-order valence-electron chi connectivity index (χ2n) is 7.55. The molecule has 8 heteroatoms. The van der Waals surface area contributed by atoms with Gasteiger partial charge in [0.2, 0.25) is 0 Å². The molecule has 1 aliphatic carbocycles. The molecular formula is C24H28N4O4. The Morgan fingerprint density at radius 2 is 1.97 bits per heavy atom. The lowest BCUT2D eigenvalue weighted by Gasteiger charge is -2.16. The van der Waals surface area contributed by atoms with Gasteiger partial charge in [-0.2, -0.15) is 0 Å². The zero-order chi connectivity index (χ0) is 22.3. The van der Waals surface area contributed by atoms with Crippen molar-refractivity contribution in [1.82, 2.24) is 20.0 Å². The van der Waals surface area contributed by atoms with Crippen LogP contribution in [0.15, 0.2) is 54.4 Å². The third-order valence-corrected chi connectivity index (χ3v) is 5.35. The quantitative estimate of drug-likeness (QED) is 0.423. The number of amides is 1. The van der Waals surface area contributed by atoms with E-state index in [1.165, 1.54) is 0 Å². The van der Waals surface area contributed by atoms with Gasteiger partial charge in [0, 0.05) is 25.7 Å². The van der Waals surface area contributed by atoms with Gasteiger partial charge in [0.1, 0.15) is 35.0 Å². The summed E-state index contributed by atoms with van der Waals surface area (Å²) in [5.74, 6) is 0.504. The number of likely N-dealkylation sites (N-methyl/N-ethyl adjacent to an activating group) is 1. The van der Waals surface area contributed by atoms with Crippen molar-refractivity contribution in [3.63, 3.8) is 0 Å². The fraction of sp³-hybridized carbons (Fsp3) is 0.333. The van der Waals surface area contributed by atoms with Crippen molar-refractivity contribution in [2.24, 2.45) is 0 Å².